The summed E-state index contributed by atoms with van der Waals surface area (Å²) in [7, 11) is 0. The summed E-state index contributed by atoms with van der Waals surface area (Å²) in [6.45, 7) is 13.3. The van der Waals surface area contributed by atoms with Gasteiger partial charge in [0.15, 0.2) is 5.78 Å². The predicted octanol–water partition coefficient (Wildman–Crippen LogP) is 7.37. The van der Waals surface area contributed by atoms with Crippen LogP contribution < -0.4 is 0 Å². The van der Waals surface area contributed by atoms with E-state index in [9.17, 15) is 4.79 Å². The summed E-state index contributed by atoms with van der Waals surface area (Å²) in [4.78, 5) is 12.7. The van der Waals surface area contributed by atoms with Gasteiger partial charge in [0.2, 0.25) is 0 Å². The molecule has 0 N–H and O–H groups in total. The summed E-state index contributed by atoms with van der Waals surface area (Å²) >= 11 is 0. The van der Waals surface area contributed by atoms with Crippen LogP contribution in [0.25, 0.3) is 11.1 Å². The second-order valence-electron chi connectivity index (χ2n) is 9.95. The number of Topliss-reactive ketones (excluding diaryl/α,β-unsaturated/α-hetero) is 1. The maximum atomic E-state index is 12.7. The minimum atomic E-state index is 0.128. The lowest BCUT2D eigenvalue weighted by atomic mass is 9.86. The molecule has 3 aromatic rings. The first-order valence-electron chi connectivity index (χ1n) is 10.4. The van der Waals surface area contributed by atoms with Crippen molar-refractivity contribution < 1.29 is 4.79 Å². The van der Waals surface area contributed by atoms with Crippen molar-refractivity contribution in [1.82, 2.24) is 0 Å². The summed E-state index contributed by atoms with van der Waals surface area (Å²) in [5.74, 6) is 0.156. The van der Waals surface area contributed by atoms with Crippen LogP contribution >= 0.6 is 0 Å². The fourth-order valence-electron chi connectivity index (χ4n) is 3.42. The Labute approximate surface area is 175 Å². The first kappa shape index (κ1) is 21.0. The molecule has 0 aromatic heterocycles. The van der Waals surface area contributed by atoms with Gasteiger partial charge in [-0.2, -0.15) is 0 Å². The molecule has 0 heterocycles. The van der Waals surface area contributed by atoms with Crippen molar-refractivity contribution >= 4 is 5.78 Å². The minimum Gasteiger partial charge on any atom is -0.294 e. The van der Waals surface area contributed by atoms with Gasteiger partial charge in [-0.1, -0.05) is 114 Å². The first-order chi connectivity index (χ1) is 13.5. The molecule has 3 aromatic carbocycles. The molecule has 0 fully saturated rings. The fourth-order valence-corrected chi connectivity index (χ4v) is 3.42. The van der Waals surface area contributed by atoms with Crippen molar-refractivity contribution in [1.29, 1.82) is 0 Å². The van der Waals surface area contributed by atoms with Gasteiger partial charge in [0.05, 0.1) is 0 Å². The number of carbonyl (C=O) groups is 1. The average Bonchev–Trinajstić information content (AvgIpc) is 2.67. The standard InChI is InChI=1S/C28H32O/c1-27(2,3)24-15-7-20(8-16-24)19-26(29)23-11-9-21(10-12-23)22-13-17-25(18-14-22)28(4,5)6/h7-18H,19H2,1-6H3. The van der Waals surface area contributed by atoms with Crippen LogP contribution in [0.4, 0.5) is 0 Å². The Bertz CT molecular complexity index is 961. The highest BCUT2D eigenvalue weighted by atomic mass is 16.1. The normalized spacial score (nSPS) is 12.1. The number of hydrogen-bond acceptors (Lipinski definition) is 1. The van der Waals surface area contributed by atoms with E-state index in [2.05, 4.69) is 90.1 Å². The monoisotopic (exact) mass is 384 g/mol. The average molecular weight is 385 g/mol. The van der Waals surface area contributed by atoms with Crippen molar-refractivity contribution in [3.05, 3.63) is 95.1 Å². The maximum absolute atomic E-state index is 12.7. The van der Waals surface area contributed by atoms with E-state index in [1.165, 1.54) is 16.7 Å². The quantitative estimate of drug-likeness (QED) is 0.429. The zero-order chi connectivity index (χ0) is 21.2. The molecular weight excluding hydrogens is 352 g/mol. The molecule has 0 unspecified atom stereocenters. The Balaban J connectivity index is 1.70. The van der Waals surface area contributed by atoms with Gasteiger partial charge in [-0.25, -0.2) is 0 Å². The molecule has 0 atom stereocenters. The van der Waals surface area contributed by atoms with Gasteiger partial charge in [-0.05, 0) is 38.6 Å². The van der Waals surface area contributed by atoms with E-state index in [0.717, 1.165) is 16.7 Å². The van der Waals surface area contributed by atoms with E-state index < -0.39 is 0 Å². The summed E-state index contributed by atoms with van der Waals surface area (Å²) in [5, 5.41) is 0. The van der Waals surface area contributed by atoms with Gasteiger partial charge in [0.25, 0.3) is 0 Å². The minimum absolute atomic E-state index is 0.128. The second kappa shape index (κ2) is 7.99. The number of carbonyl (C=O) groups excluding carboxylic acids is 1. The van der Waals surface area contributed by atoms with Gasteiger partial charge >= 0.3 is 0 Å². The second-order valence-corrected chi connectivity index (χ2v) is 9.95. The van der Waals surface area contributed by atoms with Crippen LogP contribution in [0.1, 0.15) is 68.6 Å². The molecule has 0 bridgehead atoms. The Morgan fingerprint density at radius 1 is 0.586 bits per heavy atom. The highest BCUT2D eigenvalue weighted by molar-refractivity contribution is 5.97. The van der Waals surface area contributed by atoms with E-state index >= 15 is 0 Å². The molecule has 0 aliphatic rings. The zero-order valence-corrected chi connectivity index (χ0v) is 18.5. The van der Waals surface area contributed by atoms with E-state index in [0.29, 0.717) is 6.42 Å². The molecule has 0 saturated carbocycles. The summed E-state index contributed by atoms with van der Waals surface area (Å²) in [6.07, 6.45) is 0.435. The zero-order valence-electron chi connectivity index (χ0n) is 18.5. The van der Waals surface area contributed by atoms with E-state index in [4.69, 9.17) is 0 Å². The Kier molecular flexibility index (Phi) is 5.80. The molecule has 0 amide bonds. The lowest BCUT2D eigenvalue weighted by Crippen LogP contribution is -2.11. The van der Waals surface area contributed by atoms with E-state index in [1.54, 1.807) is 0 Å². The molecule has 0 radical (unpaired) electrons. The van der Waals surface area contributed by atoms with Crippen molar-refractivity contribution in [3.63, 3.8) is 0 Å². The highest BCUT2D eigenvalue weighted by Crippen LogP contribution is 2.27. The van der Waals surface area contributed by atoms with Crippen LogP contribution in [0.3, 0.4) is 0 Å². The Hall–Kier alpha value is -2.67. The molecular formula is C28H32O. The largest absolute Gasteiger partial charge is 0.294 e. The van der Waals surface area contributed by atoms with Crippen LogP contribution in [-0.4, -0.2) is 5.78 Å². The lowest BCUT2D eigenvalue weighted by Gasteiger charge is -2.19. The topological polar surface area (TPSA) is 17.1 Å². The molecule has 0 aliphatic heterocycles. The van der Waals surface area contributed by atoms with Gasteiger partial charge in [-0.15, -0.1) is 0 Å². The third kappa shape index (κ3) is 5.23. The molecule has 29 heavy (non-hydrogen) atoms. The number of ketones is 1. The summed E-state index contributed by atoms with van der Waals surface area (Å²) in [5.41, 5.74) is 7.03. The van der Waals surface area contributed by atoms with Crippen LogP contribution in [0.15, 0.2) is 72.8 Å². The number of hydrogen-bond donors (Lipinski definition) is 0. The first-order valence-corrected chi connectivity index (χ1v) is 10.4. The molecule has 1 nitrogen and oxygen atoms in total. The predicted molar refractivity (Wildman–Crippen MR) is 124 cm³/mol. The van der Waals surface area contributed by atoms with Crippen LogP contribution in [0.2, 0.25) is 0 Å². The van der Waals surface area contributed by atoms with Crippen molar-refractivity contribution in [3.8, 4) is 11.1 Å². The van der Waals surface area contributed by atoms with Gasteiger partial charge < -0.3 is 0 Å². The van der Waals surface area contributed by atoms with Crippen molar-refractivity contribution in [2.75, 3.05) is 0 Å². The summed E-state index contributed by atoms with van der Waals surface area (Å²) in [6, 6.07) is 25.1. The molecule has 1 heteroatoms. The molecule has 150 valence electrons. The van der Waals surface area contributed by atoms with Crippen LogP contribution in [0.5, 0.6) is 0 Å². The van der Waals surface area contributed by atoms with Gasteiger partial charge in [0, 0.05) is 12.0 Å². The third-order valence-electron chi connectivity index (χ3n) is 5.48. The lowest BCUT2D eigenvalue weighted by molar-refractivity contribution is 0.0993. The molecule has 0 saturated heterocycles. The van der Waals surface area contributed by atoms with Crippen LogP contribution in [-0.2, 0) is 17.3 Å². The van der Waals surface area contributed by atoms with Crippen molar-refractivity contribution in [2.45, 2.75) is 58.8 Å². The fraction of sp³-hybridized carbons (Fsp3) is 0.321. The SMILES string of the molecule is CC(C)(C)c1ccc(CC(=O)c2ccc(-c3ccc(C(C)(C)C)cc3)cc2)cc1. The van der Waals surface area contributed by atoms with Gasteiger partial charge in [-0.3, -0.25) is 4.79 Å². The molecule has 0 spiro atoms. The number of benzene rings is 3. The van der Waals surface area contributed by atoms with E-state index in [-0.39, 0.29) is 16.6 Å². The maximum Gasteiger partial charge on any atom is 0.167 e. The van der Waals surface area contributed by atoms with E-state index in [1.807, 2.05) is 24.3 Å². The molecule has 3 rings (SSSR count). The Morgan fingerprint density at radius 3 is 1.38 bits per heavy atom. The third-order valence-corrected chi connectivity index (χ3v) is 5.48. The smallest absolute Gasteiger partial charge is 0.167 e. The van der Waals surface area contributed by atoms with Gasteiger partial charge in [0.1, 0.15) is 0 Å². The summed E-state index contributed by atoms with van der Waals surface area (Å²) < 4.78 is 0. The molecule has 0 aliphatic carbocycles. The van der Waals surface area contributed by atoms with Crippen LogP contribution in [0, 0.1) is 0 Å². The number of rotatable bonds is 4. The Morgan fingerprint density at radius 2 is 0.966 bits per heavy atom. The highest BCUT2D eigenvalue weighted by Gasteiger charge is 2.15. The van der Waals surface area contributed by atoms with Crippen molar-refractivity contribution in [2.24, 2.45) is 0 Å².